The number of amides is 2. The number of anilines is 1. The summed E-state index contributed by atoms with van der Waals surface area (Å²) in [7, 11) is 0. The monoisotopic (exact) mass is 281 g/mol. The average Bonchev–Trinajstić information content (AvgIpc) is 2.98. The molecule has 0 aromatic carbocycles. The maximum Gasteiger partial charge on any atom is 0.231 e. The molecule has 5 nitrogen and oxygen atoms in total. The van der Waals surface area contributed by atoms with Crippen molar-refractivity contribution in [1.29, 1.82) is 0 Å². The van der Waals surface area contributed by atoms with E-state index in [4.69, 9.17) is 0 Å². The van der Waals surface area contributed by atoms with Gasteiger partial charge in [0.15, 0.2) is 5.13 Å². The molecule has 1 aromatic rings. The normalized spacial score (nSPS) is 15.1. The van der Waals surface area contributed by atoms with Gasteiger partial charge in [-0.05, 0) is 12.8 Å². The van der Waals surface area contributed by atoms with Crippen LogP contribution in [-0.2, 0) is 16.0 Å². The first kappa shape index (κ1) is 14.0. The van der Waals surface area contributed by atoms with E-state index in [1.165, 1.54) is 11.3 Å². The molecule has 6 heteroatoms. The van der Waals surface area contributed by atoms with Gasteiger partial charge in [-0.1, -0.05) is 20.8 Å². The van der Waals surface area contributed by atoms with Gasteiger partial charge in [0, 0.05) is 16.8 Å². The average molecular weight is 281 g/mol. The summed E-state index contributed by atoms with van der Waals surface area (Å²) in [5.74, 6) is -0.0719. The Labute approximate surface area is 116 Å². The molecular formula is C13H19N3O2S. The lowest BCUT2D eigenvalue weighted by molar-refractivity contribution is -0.123. The van der Waals surface area contributed by atoms with Gasteiger partial charge in [-0.25, -0.2) is 4.98 Å². The van der Waals surface area contributed by atoms with Gasteiger partial charge >= 0.3 is 0 Å². The fourth-order valence-electron chi connectivity index (χ4n) is 1.40. The summed E-state index contributed by atoms with van der Waals surface area (Å²) in [6.07, 6.45) is 2.43. The molecule has 0 spiro atoms. The number of thiazole rings is 1. The van der Waals surface area contributed by atoms with Crippen molar-refractivity contribution in [1.82, 2.24) is 10.3 Å². The molecular weight excluding hydrogens is 262 g/mol. The zero-order chi connectivity index (χ0) is 14.0. The van der Waals surface area contributed by atoms with E-state index in [0.717, 1.165) is 12.8 Å². The highest BCUT2D eigenvalue weighted by Crippen LogP contribution is 2.21. The van der Waals surface area contributed by atoms with Crippen LogP contribution in [0.3, 0.4) is 0 Å². The highest BCUT2D eigenvalue weighted by atomic mass is 32.1. The highest BCUT2D eigenvalue weighted by Gasteiger charge is 2.24. The van der Waals surface area contributed by atoms with E-state index in [2.05, 4.69) is 15.6 Å². The van der Waals surface area contributed by atoms with Crippen molar-refractivity contribution in [3.8, 4) is 0 Å². The molecule has 1 fully saturated rings. The van der Waals surface area contributed by atoms with E-state index >= 15 is 0 Å². The second-order valence-electron chi connectivity index (χ2n) is 5.87. The molecule has 0 radical (unpaired) electrons. The quantitative estimate of drug-likeness (QED) is 0.886. The third-order valence-corrected chi connectivity index (χ3v) is 3.54. The van der Waals surface area contributed by atoms with Gasteiger partial charge in [0.05, 0.1) is 12.1 Å². The maximum atomic E-state index is 11.8. The van der Waals surface area contributed by atoms with E-state index in [1.54, 1.807) is 0 Å². The molecule has 1 aliphatic carbocycles. The number of nitrogens with zero attached hydrogens (tertiary/aromatic N) is 1. The number of rotatable bonds is 4. The fourth-order valence-corrected chi connectivity index (χ4v) is 2.11. The lowest BCUT2D eigenvalue weighted by Gasteiger charge is -2.15. The van der Waals surface area contributed by atoms with Crippen molar-refractivity contribution in [2.24, 2.45) is 5.41 Å². The number of hydrogen-bond donors (Lipinski definition) is 2. The van der Waals surface area contributed by atoms with Crippen molar-refractivity contribution >= 4 is 28.3 Å². The van der Waals surface area contributed by atoms with E-state index in [-0.39, 0.29) is 18.2 Å². The minimum atomic E-state index is -0.449. The predicted octanol–water partition coefficient (Wildman–Crippen LogP) is 1.95. The molecule has 1 saturated carbocycles. The summed E-state index contributed by atoms with van der Waals surface area (Å²) in [5.41, 5.74) is 0.252. The second-order valence-corrected chi connectivity index (χ2v) is 6.72. The van der Waals surface area contributed by atoms with Crippen LogP contribution in [0.25, 0.3) is 0 Å². The smallest absolute Gasteiger partial charge is 0.231 e. The van der Waals surface area contributed by atoms with Gasteiger partial charge in [-0.15, -0.1) is 11.3 Å². The van der Waals surface area contributed by atoms with Crippen LogP contribution in [0, 0.1) is 5.41 Å². The first-order valence-electron chi connectivity index (χ1n) is 6.40. The van der Waals surface area contributed by atoms with Crippen LogP contribution in [-0.4, -0.2) is 22.8 Å². The highest BCUT2D eigenvalue weighted by molar-refractivity contribution is 7.13. The number of carbonyl (C=O) groups excluding carboxylic acids is 2. The molecule has 0 unspecified atom stereocenters. The number of nitrogens with one attached hydrogen (secondary N) is 2. The molecule has 1 aromatic heterocycles. The summed E-state index contributed by atoms with van der Waals surface area (Å²) in [6.45, 7) is 5.54. The molecule has 19 heavy (non-hydrogen) atoms. The Kier molecular flexibility index (Phi) is 3.89. The minimum absolute atomic E-state index is 0.00139. The molecule has 0 bridgehead atoms. The zero-order valence-corrected chi connectivity index (χ0v) is 12.3. The topological polar surface area (TPSA) is 71.1 Å². The predicted molar refractivity (Wildman–Crippen MR) is 75.1 cm³/mol. The van der Waals surface area contributed by atoms with E-state index in [9.17, 15) is 9.59 Å². The summed E-state index contributed by atoms with van der Waals surface area (Å²) in [5, 5.41) is 8.04. The fraction of sp³-hybridized carbons (Fsp3) is 0.615. The zero-order valence-electron chi connectivity index (χ0n) is 11.4. The molecule has 104 valence electrons. The Morgan fingerprint density at radius 1 is 1.42 bits per heavy atom. The van der Waals surface area contributed by atoms with Gasteiger partial charge in [-0.3, -0.25) is 9.59 Å². The lowest BCUT2D eigenvalue weighted by atomic mass is 9.96. The van der Waals surface area contributed by atoms with E-state index < -0.39 is 5.41 Å². The summed E-state index contributed by atoms with van der Waals surface area (Å²) < 4.78 is 0. The van der Waals surface area contributed by atoms with Crippen LogP contribution >= 0.6 is 11.3 Å². The van der Waals surface area contributed by atoms with Gasteiger partial charge in [-0.2, -0.15) is 0 Å². The molecule has 0 atom stereocenters. The van der Waals surface area contributed by atoms with E-state index in [1.807, 2.05) is 26.2 Å². The third kappa shape index (κ3) is 4.31. The Hall–Kier alpha value is -1.43. The molecule has 1 heterocycles. The Morgan fingerprint density at radius 3 is 2.68 bits per heavy atom. The number of aromatic nitrogens is 1. The van der Waals surface area contributed by atoms with Gasteiger partial charge in [0.1, 0.15) is 0 Å². The van der Waals surface area contributed by atoms with Gasteiger partial charge < -0.3 is 10.6 Å². The summed E-state index contributed by atoms with van der Waals surface area (Å²) in [4.78, 5) is 27.7. The molecule has 2 N–H and O–H groups in total. The summed E-state index contributed by atoms with van der Waals surface area (Å²) >= 11 is 1.35. The SMILES string of the molecule is CC(C)(C)C(=O)Nc1nc(CC(=O)NC2CC2)cs1. The largest absolute Gasteiger partial charge is 0.353 e. The Balaban J connectivity index is 1.87. The van der Waals surface area contributed by atoms with E-state index in [0.29, 0.717) is 16.9 Å². The molecule has 0 saturated heterocycles. The van der Waals surface area contributed by atoms with Crippen molar-refractivity contribution in [2.45, 2.75) is 46.1 Å². The molecule has 1 aliphatic rings. The molecule has 2 rings (SSSR count). The van der Waals surface area contributed by atoms with Crippen LogP contribution in [0.4, 0.5) is 5.13 Å². The van der Waals surface area contributed by atoms with Crippen LogP contribution in [0.5, 0.6) is 0 Å². The summed E-state index contributed by atoms with van der Waals surface area (Å²) in [6, 6.07) is 0.367. The molecule has 0 aliphatic heterocycles. The van der Waals surface area contributed by atoms with Crippen molar-refractivity contribution in [3.63, 3.8) is 0 Å². The van der Waals surface area contributed by atoms with Crippen molar-refractivity contribution in [3.05, 3.63) is 11.1 Å². The minimum Gasteiger partial charge on any atom is -0.353 e. The maximum absolute atomic E-state index is 11.8. The van der Waals surface area contributed by atoms with Gasteiger partial charge in [0.2, 0.25) is 11.8 Å². The van der Waals surface area contributed by atoms with Crippen molar-refractivity contribution < 1.29 is 9.59 Å². The van der Waals surface area contributed by atoms with Crippen LogP contribution in [0.15, 0.2) is 5.38 Å². The number of hydrogen-bond acceptors (Lipinski definition) is 4. The molecule has 2 amide bonds. The van der Waals surface area contributed by atoms with Crippen LogP contribution in [0.2, 0.25) is 0 Å². The first-order valence-corrected chi connectivity index (χ1v) is 7.28. The lowest BCUT2D eigenvalue weighted by Crippen LogP contribution is -2.28. The standard InChI is InChI=1S/C13H19N3O2S/c1-13(2,3)11(18)16-12-15-9(7-19-12)6-10(17)14-8-4-5-8/h7-8H,4-6H2,1-3H3,(H,14,17)(H,15,16,18). The Morgan fingerprint density at radius 2 is 2.11 bits per heavy atom. The first-order chi connectivity index (χ1) is 8.84. The van der Waals surface area contributed by atoms with Crippen LogP contribution in [0.1, 0.15) is 39.3 Å². The number of carbonyl (C=O) groups is 2. The van der Waals surface area contributed by atoms with Crippen molar-refractivity contribution in [2.75, 3.05) is 5.32 Å². The third-order valence-electron chi connectivity index (χ3n) is 2.74. The second kappa shape index (κ2) is 5.28. The van der Waals surface area contributed by atoms with Gasteiger partial charge in [0.25, 0.3) is 0 Å². The van der Waals surface area contributed by atoms with Crippen LogP contribution < -0.4 is 10.6 Å². The Bertz CT molecular complexity index is 486.